The molecule has 34 heavy (non-hydrogen) atoms. The minimum atomic E-state index is -0.412. The monoisotopic (exact) mass is 489 g/mol. The van der Waals surface area contributed by atoms with E-state index in [1.165, 1.54) is 4.70 Å². The van der Waals surface area contributed by atoms with E-state index in [0.717, 1.165) is 54.1 Å². The molecule has 7 heteroatoms. The van der Waals surface area contributed by atoms with Crippen LogP contribution < -0.4 is 0 Å². The van der Waals surface area contributed by atoms with E-state index in [-0.39, 0.29) is 6.09 Å². The summed E-state index contributed by atoms with van der Waals surface area (Å²) in [5.41, 5.74) is 2.47. The van der Waals surface area contributed by atoms with Crippen LogP contribution in [0.2, 0.25) is 5.02 Å². The fourth-order valence-corrected chi connectivity index (χ4v) is 6.83. The van der Waals surface area contributed by atoms with E-state index in [9.17, 15) is 10.1 Å². The van der Waals surface area contributed by atoms with Gasteiger partial charge in [-0.25, -0.2) is 4.79 Å². The van der Waals surface area contributed by atoms with Crippen LogP contribution in [0, 0.1) is 17.2 Å². The molecule has 6 rings (SSSR count). The Balaban J connectivity index is 1.19. The van der Waals surface area contributed by atoms with Gasteiger partial charge in [-0.05, 0) is 89.7 Å². The molecule has 0 radical (unpaired) electrons. The molecule has 2 unspecified atom stereocenters. The van der Waals surface area contributed by atoms with Gasteiger partial charge in [0.05, 0.1) is 24.7 Å². The van der Waals surface area contributed by atoms with E-state index in [4.69, 9.17) is 16.3 Å². The van der Waals surface area contributed by atoms with Crippen molar-refractivity contribution in [2.45, 2.75) is 44.4 Å². The van der Waals surface area contributed by atoms with Crippen molar-refractivity contribution in [3.8, 4) is 6.07 Å². The molecule has 1 aliphatic carbocycles. The molecule has 3 heterocycles. The lowest BCUT2D eigenvalue weighted by Crippen LogP contribution is -2.40. The third kappa shape index (κ3) is 3.83. The third-order valence-corrected chi connectivity index (χ3v) is 8.53. The van der Waals surface area contributed by atoms with Gasteiger partial charge in [0.15, 0.2) is 0 Å². The summed E-state index contributed by atoms with van der Waals surface area (Å²) in [6.07, 6.45) is 5.82. The first-order valence-corrected chi connectivity index (χ1v) is 12.9. The Labute approximate surface area is 207 Å². The first-order chi connectivity index (χ1) is 16.5. The summed E-state index contributed by atoms with van der Waals surface area (Å²) in [5.74, 6) is 0.420. The van der Waals surface area contributed by atoms with E-state index in [2.05, 4.69) is 28.3 Å². The number of carbonyl (C=O) groups is 1. The van der Waals surface area contributed by atoms with Crippen molar-refractivity contribution in [1.29, 1.82) is 5.26 Å². The summed E-state index contributed by atoms with van der Waals surface area (Å²) < 4.78 is 9.50. The van der Waals surface area contributed by atoms with Gasteiger partial charge in [0.25, 0.3) is 0 Å². The van der Waals surface area contributed by atoms with E-state index in [0.29, 0.717) is 29.6 Å². The molecular weight excluding hydrogens is 466 g/mol. The maximum absolute atomic E-state index is 12.9. The average molecular weight is 490 g/mol. The van der Waals surface area contributed by atoms with Crippen LogP contribution >= 0.6 is 22.9 Å². The molecule has 1 saturated heterocycles. The van der Waals surface area contributed by atoms with Gasteiger partial charge in [-0.3, -0.25) is 4.90 Å². The van der Waals surface area contributed by atoms with Crippen molar-refractivity contribution in [2.24, 2.45) is 5.92 Å². The van der Waals surface area contributed by atoms with Crippen molar-refractivity contribution in [2.75, 3.05) is 6.54 Å². The number of halogens is 1. The van der Waals surface area contributed by atoms with E-state index < -0.39 is 5.60 Å². The summed E-state index contributed by atoms with van der Waals surface area (Å²) in [4.78, 5) is 14.7. The van der Waals surface area contributed by atoms with Crippen molar-refractivity contribution >= 4 is 50.0 Å². The predicted octanol–water partition coefficient (Wildman–Crippen LogP) is 6.96. The van der Waals surface area contributed by atoms with Gasteiger partial charge in [-0.2, -0.15) is 5.26 Å². The molecule has 0 N–H and O–H groups in total. The van der Waals surface area contributed by atoms with Crippen molar-refractivity contribution in [1.82, 2.24) is 9.47 Å². The smallest absolute Gasteiger partial charge is 0.410 e. The summed E-state index contributed by atoms with van der Waals surface area (Å²) in [6, 6.07) is 16.1. The zero-order valence-electron chi connectivity index (χ0n) is 18.7. The normalized spacial score (nSPS) is 22.5. The van der Waals surface area contributed by atoms with Gasteiger partial charge in [-0.15, -0.1) is 11.3 Å². The number of fused-ring (bicyclic) bond motifs is 2. The molecule has 2 aromatic carbocycles. The van der Waals surface area contributed by atoms with Crippen LogP contribution in [0.4, 0.5) is 4.79 Å². The highest BCUT2D eigenvalue weighted by atomic mass is 35.5. The number of amides is 1. The number of hydrogen-bond acceptors (Lipinski definition) is 4. The molecule has 2 fully saturated rings. The Morgan fingerprint density at radius 2 is 2.15 bits per heavy atom. The molecule has 2 aliphatic rings. The van der Waals surface area contributed by atoms with Gasteiger partial charge in [0.1, 0.15) is 5.60 Å². The minimum Gasteiger partial charge on any atom is -0.441 e. The highest BCUT2D eigenvalue weighted by molar-refractivity contribution is 7.17. The Morgan fingerprint density at radius 1 is 1.24 bits per heavy atom. The number of ether oxygens (including phenoxy) is 1. The maximum Gasteiger partial charge on any atom is 0.410 e. The van der Waals surface area contributed by atoms with Crippen molar-refractivity contribution < 1.29 is 9.53 Å². The lowest BCUT2D eigenvalue weighted by Gasteiger charge is -2.36. The summed E-state index contributed by atoms with van der Waals surface area (Å²) in [6.45, 7) is 2.04. The van der Waals surface area contributed by atoms with Gasteiger partial charge in [0, 0.05) is 28.0 Å². The van der Waals surface area contributed by atoms with Gasteiger partial charge in [-0.1, -0.05) is 17.7 Å². The zero-order chi connectivity index (χ0) is 23.3. The number of rotatable bonds is 4. The van der Waals surface area contributed by atoms with Gasteiger partial charge < -0.3 is 9.30 Å². The highest BCUT2D eigenvalue weighted by Crippen LogP contribution is 2.42. The van der Waals surface area contributed by atoms with Crippen molar-refractivity contribution in [3.63, 3.8) is 0 Å². The fourth-order valence-electron chi connectivity index (χ4n) is 5.72. The number of thiophene rings is 1. The first kappa shape index (κ1) is 21.5. The van der Waals surface area contributed by atoms with E-state index in [1.54, 1.807) is 11.3 Å². The van der Waals surface area contributed by atoms with Crippen LogP contribution in [0.3, 0.4) is 0 Å². The molecular formula is C27H24ClN3O2S. The number of nitriles is 1. The molecule has 5 nitrogen and oxygen atoms in total. The number of benzene rings is 2. The highest BCUT2D eigenvalue weighted by Gasteiger charge is 2.48. The third-order valence-electron chi connectivity index (χ3n) is 7.28. The summed E-state index contributed by atoms with van der Waals surface area (Å²) in [5, 5.41) is 14.4. The van der Waals surface area contributed by atoms with Crippen LogP contribution in [0.5, 0.6) is 0 Å². The van der Waals surface area contributed by atoms with Crippen LogP contribution in [0.25, 0.3) is 21.0 Å². The predicted molar refractivity (Wildman–Crippen MR) is 135 cm³/mol. The number of aromatic nitrogens is 1. The molecule has 4 aromatic rings. The van der Waals surface area contributed by atoms with E-state index >= 15 is 0 Å². The fraction of sp³-hybridized carbons (Fsp3) is 0.333. The number of carbonyl (C=O) groups excluding carboxylic acids is 1. The maximum atomic E-state index is 12.9. The summed E-state index contributed by atoms with van der Waals surface area (Å²) >= 11 is 7.90. The largest absolute Gasteiger partial charge is 0.441 e. The molecule has 1 saturated carbocycles. The average Bonchev–Trinajstić information content (AvgIpc) is 3.50. The second kappa shape index (κ2) is 8.33. The molecule has 1 amide bonds. The zero-order valence-corrected chi connectivity index (χ0v) is 20.2. The van der Waals surface area contributed by atoms with E-state index in [1.807, 2.05) is 41.3 Å². The Morgan fingerprint density at radius 3 is 3.03 bits per heavy atom. The van der Waals surface area contributed by atoms with Gasteiger partial charge >= 0.3 is 6.09 Å². The number of nitrogens with zero attached hydrogens (tertiary/aromatic N) is 3. The molecule has 1 spiro atoms. The topological polar surface area (TPSA) is 58.3 Å². The second-order valence-electron chi connectivity index (χ2n) is 9.62. The standard InChI is InChI=1S/C27H24ClN3O2S/c28-22-5-6-25-23(11-22)21(16-34-25)15-31-17-27(33-26(31)32)8-1-2-19(12-27)14-30-9-7-20-4-3-18(13-29)10-24(20)30/h3-7,9-11,16,19H,1-2,8,12,14-15,17H2. The van der Waals surface area contributed by atoms with Gasteiger partial charge in [0.2, 0.25) is 0 Å². The SMILES string of the molecule is N#Cc1ccc2ccn(CC3CCCC4(C3)CN(Cc3csc5ccc(Cl)cc35)C(=O)O4)c2c1. The molecule has 0 bridgehead atoms. The minimum absolute atomic E-state index is 0.216. The Hall–Kier alpha value is -3.01. The molecule has 172 valence electrons. The first-order valence-electron chi connectivity index (χ1n) is 11.6. The molecule has 1 aliphatic heterocycles. The molecule has 2 aromatic heterocycles. The lowest BCUT2D eigenvalue weighted by molar-refractivity contribution is 0.00418. The second-order valence-corrected chi connectivity index (χ2v) is 11.0. The van der Waals surface area contributed by atoms with Crippen LogP contribution in [0.15, 0.2) is 54.0 Å². The quantitative estimate of drug-likeness (QED) is 0.311. The van der Waals surface area contributed by atoms with Crippen LogP contribution in [-0.2, 0) is 17.8 Å². The van der Waals surface area contributed by atoms with Crippen LogP contribution in [0.1, 0.15) is 36.8 Å². The van der Waals surface area contributed by atoms with Crippen molar-refractivity contribution in [3.05, 3.63) is 70.2 Å². The van der Waals surface area contributed by atoms with Crippen LogP contribution in [-0.4, -0.2) is 27.7 Å². The summed E-state index contributed by atoms with van der Waals surface area (Å²) in [7, 11) is 0. The number of hydrogen-bond donors (Lipinski definition) is 0. The Bertz CT molecular complexity index is 1450. The molecule has 2 atom stereocenters. The Kier molecular flexibility index (Phi) is 5.28. The lowest BCUT2D eigenvalue weighted by atomic mass is 9.78.